The van der Waals surface area contributed by atoms with Crippen molar-refractivity contribution in [3.05, 3.63) is 46.7 Å². The van der Waals surface area contributed by atoms with Crippen LogP contribution in [0, 0.1) is 5.92 Å². The number of para-hydroxylation sites is 2. The van der Waals surface area contributed by atoms with Crippen molar-refractivity contribution in [3.63, 3.8) is 0 Å². The maximum atomic E-state index is 13.2. The minimum atomic E-state index is -0.284. The van der Waals surface area contributed by atoms with Crippen molar-refractivity contribution in [1.29, 1.82) is 0 Å². The number of thiophene rings is 1. The zero-order valence-electron chi connectivity index (χ0n) is 15.5. The summed E-state index contributed by atoms with van der Waals surface area (Å²) in [5.41, 5.74) is 0.760. The quantitative estimate of drug-likeness (QED) is 0.786. The van der Waals surface area contributed by atoms with Crippen LogP contribution in [0.15, 0.2) is 41.8 Å². The first-order valence-corrected chi connectivity index (χ1v) is 10.4. The van der Waals surface area contributed by atoms with Gasteiger partial charge in [0.15, 0.2) is 0 Å². The van der Waals surface area contributed by atoms with Gasteiger partial charge in [-0.3, -0.25) is 9.59 Å². The number of hydrogen-bond acceptors (Lipinski definition) is 4. The predicted molar refractivity (Wildman–Crippen MR) is 106 cm³/mol. The fourth-order valence-electron chi connectivity index (χ4n) is 4.11. The standard InChI is InChI=1S/C21H24N2O3S/c1-2-26-18-9-4-3-7-16(18)23-14-15(13-20(23)24)21(25)22-11-5-8-17(22)19-10-6-12-27-19/h3-4,6-7,9-10,12,15,17H,2,5,8,11,13-14H2,1H3. The summed E-state index contributed by atoms with van der Waals surface area (Å²) in [6.07, 6.45) is 2.29. The Kier molecular flexibility index (Phi) is 5.16. The molecular weight excluding hydrogens is 360 g/mol. The van der Waals surface area contributed by atoms with Gasteiger partial charge in [-0.05, 0) is 43.3 Å². The Bertz CT molecular complexity index is 821. The predicted octanol–water partition coefficient (Wildman–Crippen LogP) is 3.86. The highest BCUT2D eigenvalue weighted by molar-refractivity contribution is 7.10. The zero-order chi connectivity index (χ0) is 18.8. The number of anilines is 1. The number of rotatable bonds is 5. The van der Waals surface area contributed by atoms with E-state index >= 15 is 0 Å². The number of carbonyl (C=O) groups is 2. The molecule has 0 N–H and O–H groups in total. The van der Waals surface area contributed by atoms with Gasteiger partial charge < -0.3 is 14.5 Å². The molecule has 2 saturated heterocycles. The lowest BCUT2D eigenvalue weighted by Crippen LogP contribution is -2.37. The van der Waals surface area contributed by atoms with Crippen LogP contribution in [0.5, 0.6) is 5.75 Å². The minimum absolute atomic E-state index is 0.00706. The van der Waals surface area contributed by atoms with E-state index in [9.17, 15) is 9.59 Å². The summed E-state index contributed by atoms with van der Waals surface area (Å²) in [7, 11) is 0. The maximum absolute atomic E-state index is 13.2. The molecule has 5 nitrogen and oxygen atoms in total. The number of amides is 2. The fourth-order valence-corrected chi connectivity index (χ4v) is 4.98. The van der Waals surface area contributed by atoms with Crippen LogP contribution in [0.4, 0.5) is 5.69 Å². The molecule has 2 aliphatic heterocycles. The van der Waals surface area contributed by atoms with Gasteiger partial charge >= 0.3 is 0 Å². The van der Waals surface area contributed by atoms with Gasteiger partial charge in [-0.15, -0.1) is 11.3 Å². The number of nitrogens with zero attached hydrogens (tertiary/aromatic N) is 2. The van der Waals surface area contributed by atoms with Gasteiger partial charge in [0.1, 0.15) is 5.75 Å². The lowest BCUT2D eigenvalue weighted by molar-refractivity contribution is -0.136. The Morgan fingerprint density at radius 3 is 2.89 bits per heavy atom. The van der Waals surface area contributed by atoms with Crippen LogP contribution in [0.25, 0.3) is 0 Å². The summed E-state index contributed by atoms with van der Waals surface area (Å²) in [6, 6.07) is 11.9. The first kappa shape index (κ1) is 18.0. The molecule has 1 aromatic carbocycles. The highest BCUT2D eigenvalue weighted by Gasteiger charge is 2.41. The molecular formula is C21H24N2O3S. The van der Waals surface area contributed by atoms with E-state index in [1.807, 2.05) is 42.2 Å². The van der Waals surface area contributed by atoms with Crippen molar-refractivity contribution in [2.24, 2.45) is 5.92 Å². The lowest BCUT2D eigenvalue weighted by atomic mass is 10.1. The highest BCUT2D eigenvalue weighted by atomic mass is 32.1. The number of likely N-dealkylation sites (tertiary alicyclic amines) is 1. The molecule has 142 valence electrons. The fraction of sp³-hybridized carbons (Fsp3) is 0.429. The zero-order valence-corrected chi connectivity index (χ0v) is 16.3. The molecule has 27 heavy (non-hydrogen) atoms. The molecule has 0 saturated carbocycles. The van der Waals surface area contributed by atoms with E-state index in [1.165, 1.54) is 4.88 Å². The highest BCUT2D eigenvalue weighted by Crippen LogP contribution is 2.38. The van der Waals surface area contributed by atoms with Crippen LogP contribution in [0.3, 0.4) is 0 Å². The van der Waals surface area contributed by atoms with E-state index in [4.69, 9.17) is 4.74 Å². The average molecular weight is 385 g/mol. The summed E-state index contributed by atoms with van der Waals surface area (Å²) in [5, 5.41) is 2.06. The van der Waals surface area contributed by atoms with Crippen LogP contribution < -0.4 is 9.64 Å². The van der Waals surface area contributed by atoms with E-state index in [2.05, 4.69) is 11.4 Å². The molecule has 3 heterocycles. The van der Waals surface area contributed by atoms with Gasteiger partial charge in [0.05, 0.1) is 24.3 Å². The molecule has 2 amide bonds. The monoisotopic (exact) mass is 384 g/mol. The van der Waals surface area contributed by atoms with E-state index in [0.717, 1.165) is 25.1 Å². The third kappa shape index (κ3) is 3.46. The molecule has 2 unspecified atom stereocenters. The summed E-state index contributed by atoms with van der Waals surface area (Å²) < 4.78 is 5.67. The molecule has 0 aliphatic carbocycles. The first-order chi connectivity index (χ1) is 13.2. The van der Waals surface area contributed by atoms with Gasteiger partial charge in [0.2, 0.25) is 11.8 Å². The topological polar surface area (TPSA) is 49.9 Å². The summed E-state index contributed by atoms with van der Waals surface area (Å²) in [4.78, 5) is 30.8. The molecule has 1 aromatic heterocycles. The molecule has 0 radical (unpaired) electrons. The lowest BCUT2D eigenvalue weighted by Gasteiger charge is -2.27. The largest absolute Gasteiger partial charge is 0.492 e. The third-order valence-electron chi connectivity index (χ3n) is 5.34. The SMILES string of the molecule is CCOc1ccccc1N1CC(C(=O)N2CCCC2c2cccs2)CC1=O. The molecule has 2 aromatic rings. The van der Waals surface area contributed by atoms with Gasteiger partial charge in [0, 0.05) is 24.4 Å². The summed E-state index contributed by atoms with van der Waals surface area (Å²) in [6.45, 7) is 3.67. The normalized spacial score (nSPS) is 22.5. The Hall–Kier alpha value is -2.34. The second kappa shape index (κ2) is 7.72. The van der Waals surface area contributed by atoms with Gasteiger partial charge in [0.25, 0.3) is 0 Å². The number of ether oxygens (including phenoxy) is 1. The average Bonchev–Trinajstić information content (AvgIpc) is 3.42. The molecule has 0 bridgehead atoms. The number of hydrogen-bond donors (Lipinski definition) is 0. The summed E-state index contributed by atoms with van der Waals surface area (Å²) >= 11 is 1.70. The van der Waals surface area contributed by atoms with Crippen molar-refractivity contribution < 1.29 is 14.3 Å². The second-order valence-corrected chi connectivity index (χ2v) is 7.99. The maximum Gasteiger partial charge on any atom is 0.228 e. The molecule has 2 atom stereocenters. The van der Waals surface area contributed by atoms with E-state index in [0.29, 0.717) is 18.9 Å². The first-order valence-electron chi connectivity index (χ1n) is 9.55. The second-order valence-electron chi connectivity index (χ2n) is 7.01. The van der Waals surface area contributed by atoms with Crippen LogP contribution >= 0.6 is 11.3 Å². The van der Waals surface area contributed by atoms with Gasteiger partial charge in [-0.25, -0.2) is 0 Å². The molecule has 2 fully saturated rings. The molecule has 0 spiro atoms. The summed E-state index contributed by atoms with van der Waals surface area (Å²) in [5.74, 6) is 0.509. The molecule has 6 heteroatoms. The Balaban J connectivity index is 1.51. The van der Waals surface area contributed by atoms with Crippen molar-refractivity contribution in [2.45, 2.75) is 32.2 Å². The van der Waals surface area contributed by atoms with E-state index in [1.54, 1.807) is 16.2 Å². The number of benzene rings is 1. The van der Waals surface area contributed by atoms with Crippen molar-refractivity contribution >= 4 is 28.8 Å². The smallest absolute Gasteiger partial charge is 0.228 e. The van der Waals surface area contributed by atoms with Crippen LogP contribution in [0.2, 0.25) is 0 Å². The van der Waals surface area contributed by atoms with Crippen LogP contribution in [-0.4, -0.2) is 36.4 Å². The van der Waals surface area contributed by atoms with E-state index < -0.39 is 0 Å². The molecule has 4 rings (SSSR count). The minimum Gasteiger partial charge on any atom is -0.492 e. The van der Waals surface area contributed by atoms with Gasteiger partial charge in [-0.1, -0.05) is 18.2 Å². The van der Waals surface area contributed by atoms with Crippen LogP contribution in [-0.2, 0) is 9.59 Å². The van der Waals surface area contributed by atoms with Crippen molar-refractivity contribution in [2.75, 3.05) is 24.6 Å². The van der Waals surface area contributed by atoms with Crippen LogP contribution in [0.1, 0.15) is 37.1 Å². The van der Waals surface area contributed by atoms with Gasteiger partial charge in [-0.2, -0.15) is 0 Å². The third-order valence-corrected chi connectivity index (χ3v) is 6.31. The van der Waals surface area contributed by atoms with E-state index in [-0.39, 0.29) is 30.2 Å². The Labute approximate surface area is 163 Å². The number of carbonyl (C=O) groups excluding carboxylic acids is 2. The van der Waals surface area contributed by atoms with Crippen molar-refractivity contribution in [1.82, 2.24) is 4.90 Å². The Morgan fingerprint density at radius 2 is 2.11 bits per heavy atom. The molecule has 2 aliphatic rings. The van der Waals surface area contributed by atoms with Crippen molar-refractivity contribution in [3.8, 4) is 5.75 Å². The Morgan fingerprint density at radius 1 is 1.26 bits per heavy atom.